The van der Waals surface area contributed by atoms with E-state index >= 15 is 0 Å². The zero-order valence-electron chi connectivity index (χ0n) is 13.6. The van der Waals surface area contributed by atoms with Gasteiger partial charge in [-0.05, 0) is 23.8 Å². The van der Waals surface area contributed by atoms with Gasteiger partial charge in [0.1, 0.15) is 24.4 Å². The van der Waals surface area contributed by atoms with Crippen LogP contribution < -0.4 is 0 Å². The second-order valence-electron chi connectivity index (χ2n) is 5.75. The maximum absolute atomic E-state index is 12.8. The third-order valence-electron chi connectivity index (χ3n) is 3.81. The summed E-state index contributed by atoms with van der Waals surface area (Å²) in [6, 6.07) is 3.77. The first kappa shape index (κ1) is 21.1. The Kier molecular flexibility index (Phi) is 6.44. The predicted molar refractivity (Wildman–Crippen MR) is 81.9 cm³/mol. The van der Waals surface area contributed by atoms with Gasteiger partial charge in [-0.1, -0.05) is 12.1 Å². The number of benzene rings is 1. The summed E-state index contributed by atoms with van der Waals surface area (Å²) >= 11 is 0. The smallest absolute Gasteiger partial charge is 0.416 e. The zero-order valence-corrected chi connectivity index (χ0v) is 13.6. The third kappa shape index (κ3) is 4.96. The zero-order chi connectivity index (χ0) is 20.4. The molecule has 150 valence electrons. The fourth-order valence-electron chi connectivity index (χ4n) is 2.39. The quantitative estimate of drug-likeness (QED) is 0.346. The van der Waals surface area contributed by atoms with Gasteiger partial charge in [0, 0.05) is 0 Å². The molecule has 0 aliphatic carbocycles. The Labute approximate surface area is 150 Å². The Morgan fingerprint density at radius 2 is 1.85 bits per heavy atom. The van der Waals surface area contributed by atoms with Crippen molar-refractivity contribution in [2.24, 2.45) is 0 Å². The largest absolute Gasteiger partial charge is 0.475 e. The van der Waals surface area contributed by atoms with Crippen molar-refractivity contribution in [1.29, 1.82) is 0 Å². The molecule has 1 aromatic rings. The Morgan fingerprint density at radius 1 is 1.19 bits per heavy atom. The number of carbonyl (C=O) groups is 1. The molecular formula is C16H17F3O8. The lowest BCUT2D eigenvalue weighted by Gasteiger charge is -2.39. The van der Waals surface area contributed by atoms with Crippen LogP contribution in [-0.2, 0) is 20.4 Å². The molecular weight excluding hydrogens is 377 g/mol. The van der Waals surface area contributed by atoms with Crippen LogP contribution in [0.15, 0.2) is 30.0 Å². The fourth-order valence-corrected chi connectivity index (χ4v) is 2.39. The summed E-state index contributed by atoms with van der Waals surface area (Å²) in [5, 5.41) is 47.5. The molecule has 5 atom stereocenters. The number of aliphatic hydroxyl groups is 4. The van der Waals surface area contributed by atoms with Crippen LogP contribution in [0.1, 0.15) is 11.1 Å². The average molecular weight is 394 g/mol. The molecule has 8 nitrogen and oxygen atoms in total. The molecule has 0 amide bonds. The fraction of sp³-hybridized carbons (Fsp3) is 0.438. The number of aliphatic carboxylic acids is 1. The molecule has 1 aromatic carbocycles. The highest BCUT2D eigenvalue weighted by molar-refractivity contribution is 5.89. The summed E-state index contributed by atoms with van der Waals surface area (Å²) in [5.74, 6) is -2.55. The molecule has 5 N–H and O–H groups in total. The second kappa shape index (κ2) is 8.23. The van der Waals surface area contributed by atoms with E-state index in [-0.39, 0.29) is 5.56 Å². The van der Waals surface area contributed by atoms with Crippen LogP contribution in [0.3, 0.4) is 0 Å². The van der Waals surface area contributed by atoms with Crippen molar-refractivity contribution in [3.8, 4) is 0 Å². The van der Waals surface area contributed by atoms with Gasteiger partial charge < -0.3 is 35.0 Å². The molecule has 11 heteroatoms. The van der Waals surface area contributed by atoms with Gasteiger partial charge in [-0.3, -0.25) is 0 Å². The number of hydrogen-bond acceptors (Lipinski definition) is 7. The summed E-state index contributed by atoms with van der Waals surface area (Å²) in [4.78, 5) is 11.3. The second-order valence-corrected chi connectivity index (χ2v) is 5.75. The van der Waals surface area contributed by atoms with Crippen molar-refractivity contribution in [3.63, 3.8) is 0 Å². The Morgan fingerprint density at radius 3 is 2.41 bits per heavy atom. The molecule has 1 fully saturated rings. The minimum absolute atomic E-state index is 0.146. The molecule has 0 radical (unpaired) electrons. The maximum Gasteiger partial charge on any atom is 0.416 e. The number of carboxylic acid groups (broad SMARTS) is 1. The molecule has 1 saturated heterocycles. The predicted octanol–water partition coefficient (Wildman–Crippen LogP) is -0.0526. The number of ether oxygens (including phenoxy) is 2. The van der Waals surface area contributed by atoms with Crippen LogP contribution in [0, 0.1) is 0 Å². The maximum atomic E-state index is 12.8. The van der Waals surface area contributed by atoms with E-state index in [1.807, 2.05) is 0 Å². The van der Waals surface area contributed by atoms with Crippen molar-refractivity contribution < 1.29 is 53.0 Å². The van der Waals surface area contributed by atoms with Crippen molar-refractivity contribution in [1.82, 2.24) is 0 Å². The van der Waals surface area contributed by atoms with Gasteiger partial charge in [0.05, 0.1) is 12.2 Å². The standard InChI is InChI=1S/C16H17F3O8/c17-16(18,19)8-3-1-2-7(4-8)5-9(14(24)25)26-15-13(23)12(22)11(21)10(6-20)27-15/h1-5,10-13,15,20-23H,6H2,(H,24,25)/t10-,11-,12+,13-,15-/m0/s1. The van der Waals surface area contributed by atoms with E-state index in [0.29, 0.717) is 6.07 Å². The number of hydrogen-bond donors (Lipinski definition) is 5. The highest BCUT2D eigenvalue weighted by Gasteiger charge is 2.45. The molecule has 0 bridgehead atoms. The van der Waals surface area contributed by atoms with Crippen molar-refractivity contribution in [2.45, 2.75) is 36.9 Å². The van der Waals surface area contributed by atoms with Gasteiger partial charge in [0.2, 0.25) is 12.0 Å². The summed E-state index contributed by atoms with van der Waals surface area (Å²) in [7, 11) is 0. The highest BCUT2D eigenvalue weighted by atomic mass is 19.4. The molecule has 0 saturated carbocycles. The lowest BCUT2D eigenvalue weighted by molar-refractivity contribution is -0.291. The van der Waals surface area contributed by atoms with Crippen LogP contribution in [0.5, 0.6) is 0 Å². The number of halogens is 3. The highest BCUT2D eigenvalue weighted by Crippen LogP contribution is 2.30. The minimum Gasteiger partial charge on any atom is -0.475 e. The molecule has 1 heterocycles. The third-order valence-corrected chi connectivity index (χ3v) is 3.81. The van der Waals surface area contributed by atoms with Crippen molar-refractivity contribution >= 4 is 12.0 Å². The summed E-state index contributed by atoms with van der Waals surface area (Å²) in [6.07, 6.45) is -12.3. The van der Waals surface area contributed by atoms with Crippen LogP contribution >= 0.6 is 0 Å². The average Bonchev–Trinajstić information content (AvgIpc) is 2.60. The lowest BCUT2D eigenvalue weighted by atomic mass is 9.99. The van der Waals surface area contributed by atoms with E-state index in [9.17, 15) is 38.4 Å². The number of alkyl halides is 3. The Bertz CT molecular complexity index is 703. The molecule has 1 aliphatic heterocycles. The summed E-state index contributed by atoms with van der Waals surface area (Å²) in [5.41, 5.74) is -1.15. The van der Waals surface area contributed by atoms with E-state index in [2.05, 4.69) is 0 Å². The van der Waals surface area contributed by atoms with E-state index in [1.165, 1.54) is 6.07 Å². The Balaban J connectivity index is 2.28. The molecule has 0 unspecified atom stereocenters. The van der Waals surface area contributed by atoms with Gasteiger partial charge in [0.25, 0.3) is 0 Å². The monoisotopic (exact) mass is 394 g/mol. The minimum atomic E-state index is -4.63. The van der Waals surface area contributed by atoms with E-state index in [4.69, 9.17) is 14.6 Å². The van der Waals surface area contributed by atoms with Crippen LogP contribution in [0.2, 0.25) is 0 Å². The van der Waals surface area contributed by atoms with E-state index in [1.54, 1.807) is 0 Å². The van der Waals surface area contributed by atoms with E-state index < -0.39 is 60.8 Å². The van der Waals surface area contributed by atoms with Gasteiger partial charge in [-0.25, -0.2) is 4.79 Å². The Hall–Kier alpha value is -2.18. The van der Waals surface area contributed by atoms with Gasteiger partial charge in [-0.15, -0.1) is 0 Å². The molecule has 1 aliphatic rings. The number of carboxylic acids is 1. The van der Waals surface area contributed by atoms with Crippen LogP contribution in [-0.4, -0.2) is 68.8 Å². The first-order chi connectivity index (χ1) is 12.5. The first-order valence-electron chi connectivity index (χ1n) is 7.64. The molecule has 27 heavy (non-hydrogen) atoms. The van der Waals surface area contributed by atoms with Crippen LogP contribution in [0.4, 0.5) is 13.2 Å². The summed E-state index contributed by atoms with van der Waals surface area (Å²) in [6.45, 7) is -0.759. The molecule has 0 spiro atoms. The molecule has 0 aromatic heterocycles. The van der Waals surface area contributed by atoms with Gasteiger partial charge in [0.15, 0.2) is 0 Å². The summed E-state index contributed by atoms with van der Waals surface area (Å²) < 4.78 is 48.2. The van der Waals surface area contributed by atoms with Gasteiger partial charge in [-0.2, -0.15) is 13.2 Å². The molecule has 2 rings (SSSR count). The SMILES string of the molecule is O=C(O)C(=Cc1cccc(C(F)(F)F)c1)O[C@H]1O[C@@H](CO)[C@H](O)[C@@H](O)[C@@H]1O. The van der Waals surface area contributed by atoms with Crippen molar-refractivity contribution in [3.05, 3.63) is 41.2 Å². The van der Waals surface area contributed by atoms with Crippen molar-refractivity contribution in [2.75, 3.05) is 6.61 Å². The number of aliphatic hydroxyl groups excluding tert-OH is 4. The van der Waals surface area contributed by atoms with Gasteiger partial charge >= 0.3 is 12.1 Å². The normalized spacial score (nSPS) is 29.4. The van der Waals surface area contributed by atoms with Crippen LogP contribution in [0.25, 0.3) is 6.08 Å². The van der Waals surface area contributed by atoms with E-state index in [0.717, 1.165) is 18.2 Å². The topological polar surface area (TPSA) is 137 Å². The first-order valence-corrected chi connectivity index (χ1v) is 7.64. The number of rotatable bonds is 5. The lowest BCUT2D eigenvalue weighted by Crippen LogP contribution is -2.59.